The molecular formula is C23H28N6O3S. The highest BCUT2D eigenvalue weighted by atomic mass is 32.1. The number of pyridine rings is 1. The topological polar surface area (TPSA) is 118 Å². The van der Waals surface area contributed by atoms with E-state index in [1.807, 2.05) is 40.0 Å². The lowest BCUT2D eigenvalue weighted by atomic mass is 10.1. The number of nitrogens with one attached hydrogen (secondary N) is 3. The van der Waals surface area contributed by atoms with Gasteiger partial charge in [0.1, 0.15) is 5.82 Å². The van der Waals surface area contributed by atoms with Gasteiger partial charge in [-0.2, -0.15) is 5.10 Å². The zero-order valence-electron chi connectivity index (χ0n) is 19.4. The van der Waals surface area contributed by atoms with Crippen molar-refractivity contribution in [3.63, 3.8) is 0 Å². The predicted molar refractivity (Wildman–Crippen MR) is 130 cm³/mol. The maximum Gasteiger partial charge on any atom is 0.277 e. The lowest BCUT2D eigenvalue weighted by molar-refractivity contribution is -0.117. The number of hydrogen-bond donors (Lipinski definition) is 3. The SMILES string of the molecule is CCn1nc(C)c2scc(Nc3cc(NC(=O)C4CC4)ncc3C(=O)NC(C)(C)C)c2c1=O. The highest BCUT2D eigenvalue weighted by Gasteiger charge is 2.30. The molecule has 10 heteroatoms. The first-order chi connectivity index (χ1) is 15.6. The highest BCUT2D eigenvalue weighted by Crippen LogP contribution is 2.34. The maximum absolute atomic E-state index is 13.0. The Morgan fingerprint density at radius 1 is 1.24 bits per heavy atom. The summed E-state index contributed by atoms with van der Waals surface area (Å²) >= 11 is 1.42. The van der Waals surface area contributed by atoms with Gasteiger partial charge in [0.15, 0.2) is 0 Å². The summed E-state index contributed by atoms with van der Waals surface area (Å²) in [5.41, 5.74) is 1.48. The summed E-state index contributed by atoms with van der Waals surface area (Å²) in [7, 11) is 0. The third-order valence-corrected chi connectivity index (χ3v) is 6.33. The summed E-state index contributed by atoms with van der Waals surface area (Å²) in [4.78, 5) is 42.5. The van der Waals surface area contributed by atoms with Gasteiger partial charge in [-0.05, 0) is 47.5 Å². The van der Waals surface area contributed by atoms with Crippen LogP contribution in [0.2, 0.25) is 0 Å². The molecule has 0 radical (unpaired) electrons. The molecule has 1 fully saturated rings. The Labute approximate surface area is 195 Å². The van der Waals surface area contributed by atoms with Crippen LogP contribution < -0.4 is 21.5 Å². The molecule has 0 aromatic carbocycles. The van der Waals surface area contributed by atoms with Crippen LogP contribution in [-0.2, 0) is 11.3 Å². The van der Waals surface area contributed by atoms with Crippen molar-refractivity contribution in [1.29, 1.82) is 0 Å². The van der Waals surface area contributed by atoms with Crippen molar-refractivity contribution in [1.82, 2.24) is 20.1 Å². The summed E-state index contributed by atoms with van der Waals surface area (Å²) in [6.45, 7) is 9.87. The average molecular weight is 469 g/mol. The molecule has 0 bridgehead atoms. The number of carbonyl (C=O) groups excluding carboxylic acids is 2. The minimum absolute atomic E-state index is 0.0240. The van der Waals surface area contributed by atoms with Crippen LogP contribution in [0.15, 0.2) is 22.4 Å². The summed E-state index contributed by atoms with van der Waals surface area (Å²) in [5.74, 6) is -0.00397. The molecule has 3 aromatic rings. The van der Waals surface area contributed by atoms with Crippen LogP contribution in [0.5, 0.6) is 0 Å². The fourth-order valence-electron chi connectivity index (χ4n) is 3.48. The number of amides is 2. The van der Waals surface area contributed by atoms with Crippen LogP contribution in [0.25, 0.3) is 10.1 Å². The van der Waals surface area contributed by atoms with Gasteiger partial charge in [0.25, 0.3) is 11.5 Å². The van der Waals surface area contributed by atoms with Crippen molar-refractivity contribution in [3.8, 4) is 0 Å². The zero-order valence-corrected chi connectivity index (χ0v) is 20.2. The van der Waals surface area contributed by atoms with Gasteiger partial charge < -0.3 is 16.0 Å². The van der Waals surface area contributed by atoms with Gasteiger partial charge in [-0.15, -0.1) is 11.3 Å². The summed E-state index contributed by atoms with van der Waals surface area (Å²) in [5, 5.41) is 15.7. The van der Waals surface area contributed by atoms with Crippen LogP contribution >= 0.6 is 11.3 Å². The molecule has 0 aliphatic heterocycles. The van der Waals surface area contributed by atoms with E-state index in [4.69, 9.17) is 0 Å². The van der Waals surface area contributed by atoms with E-state index in [1.54, 1.807) is 6.07 Å². The molecule has 0 saturated heterocycles. The molecule has 174 valence electrons. The molecule has 33 heavy (non-hydrogen) atoms. The Bertz CT molecular complexity index is 1300. The zero-order chi connectivity index (χ0) is 23.9. The number of carbonyl (C=O) groups is 2. The van der Waals surface area contributed by atoms with E-state index in [2.05, 4.69) is 26.0 Å². The standard InChI is InChI=1S/C23H28N6O3S/c1-6-29-22(32)18-16(11-33-19(18)12(2)28-29)25-15-9-17(26-20(30)13-7-8-13)24-10-14(15)21(31)27-23(3,4)5/h9-11,13H,6-8H2,1-5H3,(H,27,31)(H2,24,25,26,30). The number of aromatic nitrogens is 3. The van der Waals surface area contributed by atoms with Crippen molar-refractivity contribution < 1.29 is 9.59 Å². The maximum atomic E-state index is 13.0. The number of nitrogens with zero attached hydrogens (tertiary/aromatic N) is 3. The second-order valence-corrected chi connectivity index (χ2v) is 10.1. The first-order valence-corrected chi connectivity index (χ1v) is 11.8. The molecule has 1 aliphatic rings. The number of thiophene rings is 1. The smallest absolute Gasteiger partial charge is 0.277 e. The number of anilines is 3. The van der Waals surface area contributed by atoms with Crippen molar-refractivity contribution in [2.75, 3.05) is 10.6 Å². The van der Waals surface area contributed by atoms with Crippen LogP contribution in [0.3, 0.4) is 0 Å². The van der Waals surface area contributed by atoms with E-state index in [9.17, 15) is 14.4 Å². The highest BCUT2D eigenvalue weighted by molar-refractivity contribution is 7.18. The second-order valence-electron chi connectivity index (χ2n) is 9.27. The minimum atomic E-state index is -0.445. The van der Waals surface area contributed by atoms with Crippen molar-refractivity contribution in [2.24, 2.45) is 5.92 Å². The van der Waals surface area contributed by atoms with E-state index in [-0.39, 0.29) is 23.3 Å². The quantitative estimate of drug-likeness (QED) is 0.506. The third kappa shape index (κ3) is 4.90. The van der Waals surface area contributed by atoms with E-state index in [1.165, 1.54) is 22.2 Å². The molecule has 1 saturated carbocycles. The number of hydrogen-bond acceptors (Lipinski definition) is 7. The molecule has 2 amide bonds. The molecule has 9 nitrogen and oxygen atoms in total. The second kappa shape index (κ2) is 8.58. The molecule has 3 N–H and O–H groups in total. The lowest BCUT2D eigenvalue weighted by Gasteiger charge is -2.22. The monoisotopic (exact) mass is 468 g/mol. The van der Waals surface area contributed by atoms with Crippen LogP contribution in [0, 0.1) is 12.8 Å². The van der Waals surface area contributed by atoms with Crippen LogP contribution in [-0.4, -0.2) is 32.1 Å². The predicted octanol–water partition coefficient (Wildman–Crippen LogP) is 3.80. The molecule has 4 rings (SSSR count). The van der Waals surface area contributed by atoms with E-state index >= 15 is 0 Å². The normalized spacial score (nSPS) is 13.7. The molecular weight excluding hydrogens is 440 g/mol. The van der Waals surface area contributed by atoms with Gasteiger partial charge in [0.2, 0.25) is 5.91 Å². The van der Waals surface area contributed by atoms with Crippen LogP contribution in [0.4, 0.5) is 17.2 Å². The van der Waals surface area contributed by atoms with E-state index in [0.29, 0.717) is 34.7 Å². The van der Waals surface area contributed by atoms with Gasteiger partial charge in [0.05, 0.1) is 32.7 Å². The first-order valence-electron chi connectivity index (χ1n) is 11.0. The number of rotatable bonds is 6. The Morgan fingerprint density at radius 2 is 1.97 bits per heavy atom. The van der Waals surface area contributed by atoms with Gasteiger partial charge in [-0.1, -0.05) is 0 Å². The first kappa shape index (κ1) is 22.9. The Hall–Kier alpha value is -3.27. The number of aryl methyl sites for hydroxylation is 2. The molecule has 0 unspecified atom stereocenters. The lowest BCUT2D eigenvalue weighted by Crippen LogP contribution is -2.40. The Balaban J connectivity index is 1.77. The summed E-state index contributed by atoms with van der Waals surface area (Å²) in [6.07, 6.45) is 3.19. The fraction of sp³-hybridized carbons (Fsp3) is 0.435. The number of fused-ring (bicyclic) bond motifs is 1. The molecule has 0 atom stereocenters. The summed E-state index contributed by atoms with van der Waals surface area (Å²) < 4.78 is 2.22. The minimum Gasteiger partial charge on any atom is -0.353 e. The van der Waals surface area contributed by atoms with Gasteiger partial charge >= 0.3 is 0 Å². The Morgan fingerprint density at radius 3 is 2.61 bits per heavy atom. The van der Waals surface area contributed by atoms with Gasteiger partial charge in [-0.25, -0.2) is 9.67 Å². The fourth-order valence-corrected chi connectivity index (χ4v) is 4.42. The van der Waals surface area contributed by atoms with Crippen LogP contribution in [0.1, 0.15) is 56.6 Å². The van der Waals surface area contributed by atoms with Gasteiger partial charge in [0, 0.05) is 35.6 Å². The third-order valence-electron chi connectivity index (χ3n) is 5.24. The Kier molecular flexibility index (Phi) is 5.96. The van der Waals surface area contributed by atoms with Gasteiger partial charge in [-0.3, -0.25) is 14.4 Å². The van der Waals surface area contributed by atoms with Crippen molar-refractivity contribution >= 4 is 50.4 Å². The van der Waals surface area contributed by atoms with Crippen molar-refractivity contribution in [3.05, 3.63) is 39.3 Å². The molecule has 0 spiro atoms. The molecule has 3 aromatic heterocycles. The molecule has 3 heterocycles. The average Bonchev–Trinajstić information content (AvgIpc) is 3.50. The van der Waals surface area contributed by atoms with Crippen molar-refractivity contribution in [2.45, 2.75) is 59.5 Å². The van der Waals surface area contributed by atoms with E-state index in [0.717, 1.165) is 23.2 Å². The van der Waals surface area contributed by atoms with E-state index < -0.39 is 5.54 Å². The summed E-state index contributed by atoms with van der Waals surface area (Å²) in [6, 6.07) is 1.63. The largest absolute Gasteiger partial charge is 0.353 e. The molecule has 1 aliphatic carbocycles.